The van der Waals surface area contributed by atoms with Crippen LogP contribution >= 0.6 is 0 Å². The lowest BCUT2D eigenvalue weighted by atomic mass is 9.98. The van der Waals surface area contributed by atoms with Gasteiger partial charge in [0.1, 0.15) is 31.7 Å². The zero-order chi connectivity index (χ0) is 30.1. The molecule has 0 atom stereocenters. The van der Waals surface area contributed by atoms with Crippen molar-refractivity contribution in [3.63, 3.8) is 0 Å². The van der Waals surface area contributed by atoms with Crippen LogP contribution < -0.4 is 11.1 Å². The van der Waals surface area contributed by atoms with Crippen LogP contribution in [0.2, 0.25) is 25.7 Å². The van der Waals surface area contributed by atoms with Crippen molar-refractivity contribution in [3.8, 4) is 28.2 Å². The number of halogens is 3. The van der Waals surface area contributed by atoms with E-state index in [1.54, 1.807) is 29.3 Å². The maximum absolute atomic E-state index is 13.0. The fourth-order valence-corrected chi connectivity index (χ4v) is 5.38. The van der Waals surface area contributed by atoms with Gasteiger partial charge in [0, 0.05) is 44.1 Å². The Bertz CT molecular complexity index is 1700. The Morgan fingerprint density at radius 1 is 1.10 bits per heavy atom. The van der Waals surface area contributed by atoms with E-state index in [9.17, 15) is 13.2 Å². The number of nitrogens with one attached hydrogen (secondary N) is 1. The zero-order valence-electron chi connectivity index (χ0n) is 23.8. The van der Waals surface area contributed by atoms with Crippen LogP contribution in [0, 0.1) is 6.92 Å². The summed E-state index contributed by atoms with van der Waals surface area (Å²) in [6.07, 6.45) is 1.78. The van der Waals surface area contributed by atoms with Crippen LogP contribution in [-0.4, -0.2) is 61.7 Å². The Labute approximate surface area is 241 Å². The molecule has 4 aromatic heterocycles. The summed E-state index contributed by atoms with van der Waals surface area (Å²) >= 11 is 0. The van der Waals surface area contributed by atoms with Gasteiger partial charge in [-0.15, -0.1) is 0 Å². The molecular formula is C28H32F3N9OSi. The number of hydrogen-bond acceptors (Lipinski definition) is 8. The molecule has 5 rings (SSSR count). The van der Waals surface area contributed by atoms with Crippen molar-refractivity contribution in [2.45, 2.75) is 45.5 Å². The van der Waals surface area contributed by atoms with Crippen LogP contribution in [0.3, 0.4) is 0 Å². The summed E-state index contributed by atoms with van der Waals surface area (Å²) in [6, 6.07) is 10.4. The lowest BCUT2D eigenvalue weighted by Crippen LogP contribution is -2.22. The first-order valence-corrected chi connectivity index (χ1v) is 17.1. The molecular weight excluding hydrogens is 563 g/mol. The van der Waals surface area contributed by atoms with Crippen molar-refractivity contribution in [1.29, 1.82) is 0 Å². The molecule has 0 amide bonds. The molecule has 0 aliphatic rings. The molecule has 0 spiro atoms. The van der Waals surface area contributed by atoms with Gasteiger partial charge in [-0.2, -0.15) is 18.3 Å². The third-order valence-corrected chi connectivity index (χ3v) is 8.27. The summed E-state index contributed by atoms with van der Waals surface area (Å²) in [7, 11) is -1.35. The molecule has 42 heavy (non-hydrogen) atoms. The number of fused-ring (bicyclic) bond motifs is 1. The first-order valence-electron chi connectivity index (χ1n) is 13.3. The minimum absolute atomic E-state index is 0.141. The first-order chi connectivity index (χ1) is 19.9. The summed E-state index contributed by atoms with van der Waals surface area (Å²) in [4.78, 5) is 17.0. The van der Waals surface area contributed by atoms with Gasteiger partial charge in [0.05, 0.1) is 22.6 Å². The number of benzene rings is 1. The van der Waals surface area contributed by atoms with Gasteiger partial charge in [-0.1, -0.05) is 25.7 Å². The van der Waals surface area contributed by atoms with E-state index in [0.717, 1.165) is 39.3 Å². The number of aryl methyl sites for hydroxylation is 1. The number of nitrogen functional groups attached to an aromatic ring is 1. The smallest absolute Gasteiger partial charge is 0.384 e. The van der Waals surface area contributed by atoms with Crippen LogP contribution in [0.1, 0.15) is 5.56 Å². The van der Waals surface area contributed by atoms with Gasteiger partial charge in [-0.3, -0.25) is 0 Å². The molecule has 0 bridgehead atoms. The largest absolute Gasteiger partial charge is 0.405 e. The molecule has 0 aliphatic carbocycles. The van der Waals surface area contributed by atoms with Gasteiger partial charge in [0.2, 0.25) is 5.95 Å². The van der Waals surface area contributed by atoms with E-state index in [2.05, 4.69) is 50.0 Å². The van der Waals surface area contributed by atoms with E-state index in [-0.39, 0.29) is 12.7 Å². The Balaban J connectivity index is 1.71. The number of ether oxygens (including phenoxy) is 1. The van der Waals surface area contributed by atoms with Crippen LogP contribution in [0.5, 0.6) is 0 Å². The second-order valence-corrected chi connectivity index (χ2v) is 16.9. The molecule has 1 aromatic carbocycles. The number of hydrogen-bond donors (Lipinski definition) is 2. The Morgan fingerprint density at radius 3 is 2.62 bits per heavy atom. The number of alkyl halides is 3. The second-order valence-electron chi connectivity index (χ2n) is 11.3. The number of aromatic nitrogens is 7. The van der Waals surface area contributed by atoms with Crippen molar-refractivity contribution in [2.24, 2.45) is 0 Å². The highest BCUT2D eigenvalue weighted by atomic mass is 28.3. The molecule has 4 heterocycles. The van der Waals surface area contributed by atoms with Crippen molar-refractivity contribution in [3.05, 3.63) is 60.9 Å². The number of nitrogens with two attached hydrogens (primary N) is 1. The van der Waals surface area contributed by atoms with Gasteiger partial charge in [0.25, 0.3) is 0 Å². The number of nitrogens with zero attached hydrogens (tertiary/aromatic N) is 7. The highest BCUT2D eigenvalue weighted by molar-refractivity contribution is 6.76. The van der Waals surface area contributed by atoms with Gasteiger partial charge >= 0.3 is 6.18 Å². The Kier molecular flexibility index (Phi) is 8.01. The molecule has 0 radical (unpaired) electrons. The van der Waals surface area contributed by atoms with E-state index >= 15 is 0 Å². The molecule has 5 aromatic rings. The van der Waals surface area contributed by atoms with Crippen LogP contribution in [0.15, 0.2) is 55.4 Å². The molecule has 0 aliphatic heterocycles. The van der Waals surface area contributed by atoms with Crippen molar-refractivity contribution in [1.82, 2.24) is 34.3 Å². The number of pyridine rings is 1. The predicted molar refractivity (Wildman–Crippen MR) is 159 cm³/mol. The van der Waals surface area contributed by atoms with Crippen molar-refractivity contribution >= 4 is 30.7 Å². The Morgan fingerprint density at radius 2 is 1.90 bits per heavy atom. The quantitative estimate of drug-likeness (QED) is 0.151. The summed E-state index contributed by atoms with van der Waals surface area (Å²) < 4.78 is 48.7. The first kappa shape index (κ1) is 29.2. The normalized spacial score (nSPS) is 12.3. The van der Waals surface area contributed by atoms with Crippen LogP contribution in [-0.2, 0) is 11.5 Å². The topological polar surface area (TPSA) is 122 Å². The molecule has 220 valence electrons. The predicted octanol–water partition coefficient (Wildman–Crippen LogP) is 5.92. The minimum Gasteiger partial charge on any atom is -0.384 e. The lowest BCUT2D eigenvalue weighted by Gasteiger charge is -2.17. The molecule has 14 heteroatoms. The minimum atomic E-state index is -4.42. The highest BCUT2D eigenvalue weighted by Gasteiger charge is 2.28. The van der Waals surface area contributed by atoms with Crippen LogP contribution in [0.25, 0.3) is 39.1 Å². The van der Waals surface area contributed by atoms with Crippen molar-refractivity contribution < 1.29 is 17.9 Å². The van der Waals surface area contributed by atoms with E-state index < -0.39 is 20.8 Å². The average molecular weight is 596 g/mol. The summed E-state index contributed by atoms with van der Waals surface area (Å²) in [6.45, 7) is 8.28. The summed E-state index contributed by atoms with van der Waals surface area (Å²) in [5, 5.41) is 7.35. The van der Waals surface area contributed by atoms with E-state index in [1.807, 2.05) is 29.7 Å². The molecule has 0 saturated carbocycles. The van der Waals surface area contributed by atoms with Gasteiger partial charge < -0.3 is 20.4 Å². The molecule has 0 saturated heterocycles. The van der Waals surface area contributed by atoms with E-state index in [0.29, 0.717) is 23.8 Å². The van der Waals surface area contributed by atoms with Gasteiger partial charge in [-0.25, -0.2) is 24.6 Å². The maximum atomic E-state index is 13.0. The van der Waals surface area contributed by atoms with E-state index in [1.165, 1.54) is 12.5 Å². The third kappa shape index (κ3) is 6.77. The SMILES string of the molecule is Cc1cc(-c2c(-c3ccnc(NCC(F)(F)F)n3)n(COCC[Si](C)(C)C)c3cc(N)ncc23)cc(-n2cncn2)c1. The van der Waals surface area contributed by atoms with Gasteiger partial charge in [0.15, 0.2) is 0 Å². The Hall–Kier alpha value is -4.30. The third-order valence-electron chi connectivity index (χ3n) is 6.57. The maximum Gasteiger partial charge on any atom is 0.405 e. The summed E-state index contributed by atoms with van der Waals surface area (Å²) in [5.74, 6) is 0.182. The summed E-state index contributed by atoms with van der Waals surface area (Å²) in [5.41, 5.74) is 11.3. The fourth-order valence-electron chi connectivity index (χ4n) is 4.62. The standard InChI is InChI=1S/C28H32F3N9OSi/c1-18-9-19(11-20(10-18)40-16-33-15-37-40)25-21-13-35-24(32)12-23(21)39(17-41-7-8-42(2,3)4)26(25)22-5-6-34-27(38-22)36-14-28(29,30)31/h5-6,9-13,15-16H,7-8,14,17H2,1-4H3,(H2,32,35)(H,34,36,38). The second kappa shape index (κ2) is 11.5. The molecule has 0 fully saturated rings. The monoisotopic (exact) mass is 595 g/mol. The lowest BCUT2D eigenvalue weighted by molar-refractivity contribution is -0.115. The highest BCUT2D eigenvalue weighted by Crippen LogP contribution is 2.41. The van der Waals surface area contributed by atoms with Gasteiger partial charge in [-0.05, 0) is 42.3 Å². The van der Waals surface area contributed by atoms with Crippen molar-refractivity contribution in [2.75, 3.05) is 24.2 Å². The number of anilines is 2. The molecule has 10 nitrogen and oxygen atoms in total. The zero-order valence-corrected chi connectivity index (χ0v) is 24.8. The molecule has 0 unspecified atom stereocenters. The number of rotatable bonds is 10. The van der Waals surface area contributed by atoms with E-state index in [4.69, 9.17) is 10.5 Å². The average Bonchev–Trinajstić information content (AvgIpc) is 3.56. The van der Waals surface area contributed by atoms with Crippen LogP contribution in [0.4, 0.5) is 24.9 Å². The molecule has 3 N–H and O–H groups in total. The fraction of sp³-hybridized carbons (Fsp3) is 0.321.